The molecule has 0 heterocycles. The number of ketones is 1. The van der Waals surface area contributed by atoms with Gasteiger partial charge in [0, 0.05) is 12.8 Å². The minimum Gasteiger partial charge on any atom is -0.300 e. The molecule has 72 valence electrons. The second kappa shape index (κ2) is 4.23. The fourth-order valence-electron chi connectivity index (χ4n) is 1.82. The van der Waals surface area contributed by atoms with E-state index in [0.717, 1.165) is 19.3 Å². The minimum absolute atomic E-state index is 0.410. The van der Waals surface area contributed by atoms with Gasteiger partial charge in [0.25, 0.3) is 0 Å². The topological polar surface area (TPSA) is 17.1 Å². The molecular weight excluding hydrogens is 172 g/mol. The average molecular weight is 186 g/mol. The van der Waals surface area contributed by atoms with Crippen molar-refractivity contribution in [1.29, 1.82) is 0 Å². The van der Waals surface area contributed by atoms with E-state index in [1.54, 1.807) is 0 Å². The third kappa shape index (κ3) is 2.32. The summed E-state index contributed by atoms with van der Waals surface area (Å²) in [5.74, 6) is 0.885. The SMILES string of the molecule is O=C1CCC(C=Cc2ccccc2)C1. The highest BCUT2D eigenvalue weighted by Gasteiger charge is 2.18. The molecule has 1 aliphatic rings. The van der Waals surface area contributed by atoms with Gasteiger partial charge in [0.1, 0.15) is 5.78 Å². The highest BCUT2D eigenvalue weighted by molar-refractivity contribution is 5.81. The van der Waals surface area contributed by atoms with Crippen LogP contribution in [0.4, 0.5) is 0 Å². The summed E-state index contributed by atoms with van der Waals surface area (Å²) in [6.45, 7) is 0. The minimum atomic E-state index is 0.410. The van der Waals surface area contributed by atoms with Crippen LogP contribution in [0.15, 0.2) is 36.4 Å². The van der Waals surface area contributed by atoms with Crippen LogP contribution in [0.1, 0.15) is 24.8 Å². The molecule has 0 N–H and O–H groups in total. The molecule has 1 nitrogen and oxygen atoms in total. The van der Waals surface area contributed by atoms with Crippen molar-refractivity contribution in [3.63, 3.8) is 0 Å². The predicted molar refractivity (Wildman–Crippen MR) is 57.8 cm³/mol. The normalized spacial score (nSPS) is 22.0. The lowest BCUT2D eigenvalue weighted by molar-refractivity contribution is -0.117. The van der Waals surface area contributed by atoms with Crippen LogP contribution < -0.4 is 0 Å². The number of hydrogen-bond donors (Lipinski definition) is 0. The molecule has 1 unspecified atom stereocenters. The first-order valence-corrected chi connectivity index (χ1v) is 5.09. The molecule has 0 aromatic heterocycles. The van der Waals surface area contributed by atoms with Gasteiger partial charge < -0.3 is 0 Å². The average Bonchev–Trinajstić information content (AvgIpc) is 2.63. The van der Waals surface area contributed by atoms with Gasteiger partial charge in [-0.3, -0.25) is 4.79 Å². The van der Waals surface area contributed by atoms with Crippen LogP contribution >= 0.6 is 0 Å². The maximum Gasteiger partial charge on any atom is 0.133 e. The molecule has 14 heavy (non-hydrogen) atoms. The van der Waals surface area contributed by atoms with E-state index in [2.05, 4.69) is 24.3 Å². The van der Waals surface area contributed by atoms with Gasteiger partial charge in [0.05, 0.1) is 0 Å². The molecule has 2 rings (SSSR count). The Balaban J connectivity index is 1.97. The Morgan fingerprint density at radius 3 is 2.64 bits per heavy atom. The maximum atomic E-state index is 11.0. The van der Waals surface area contributed by atoms with Gasteiger partial charge in [0.2, 0.25) is 0 Å². The molecule has 0 radical (unpaired) electrons. The number of hydrogen-bond acceptors (Lipinski definition) is 1. The molecule has 1 aliphatic carbocycles. The monoisotopic (exact) mass is 186 g/mol. The van der Waals surface area contributed by atoms with Gasteiger partial charge >= 0.3 is 0 Å². The highest BCUT2D eigenvalue weighted by Crippen LogP contribution is 2.23. The molecule has 1 atom stereocenters. The molecule has 0 amide bonds. The zero-order valence-corrected chi connectivity index (χ0v) is 8.15. The van der Waals surface area contributed by atoms with E-state index in [1.807, 2.05) is 18.2 Å². The number of allylic oxidation sites excluding steroid dienone is 1. The van der Waals surface area contributed by atoms with Gasteiger partial charge in [-0.2, -0.15) is 0 Å². The fourth-order valence-corrected chi connectivity index (χ4v) is 1.82. The molecule has 1 heteroatoms. The number of Topliss-reactive ketones (excluding diaryl/α,β-unsaturated/α-hetero) is 1. The van der Waals surface area contributed by atoms with E-state index < -0.39 is 0 Å². The third-order valence-corrected chi connectivity index (χ3v) is 2.64. The van der Waals surface area contributed by atoms with Crippen LogP contribution in [0, 0.1) is 5.92 Å². The zero-order chi connectivity index (χ0) is 9.80. The summed E-state index contributed by atoms with van der Waals surface area (Å²) in [5, 5.41) is 0. The van der Waals surface area contributed by atoms with Crippen molar-refractivity contribution in [2.45, 2.75) is 19.3 Å². The van der Waals surface area contributed by atoms with E-state index >= 15 is 0 Å². The molecule has 1 saturated carbocycles. The van der Waals surface area contributed by atoms with Crippen molar-refractivity contribution in [3.05, 3.63) is 42.0 Å². The highest BCUT2D eigenvalue weighted by atomic mass is 16.1. The van der Waals surface area contributed by atoms with Crippen molar-refractivity contribution >= 4 is 11.9 Å². The first-order valence-electron chi connectivity index (χ1n) is 5.09. The van der Waals surface area contributed by atoms with Crippen molar-refractivity contribution in [1.82, 2.24) is 0 Å². The Hall–Kier alpha value is -1.37. The third-order valence-electron chi connectivity index (χ3n) is 2.64. The predicted octanol–water partition coefficient (Wildman–Crippen LogP) is 3.07. The zero-order valence-electron chi connectivity index (χ0n) is 8.15. The standard InChI is InChI=1S/C13H14O/c14-13-9-8-12(10-13)7-6-11-4-2-1-3-5-11/h1-7,12H,8-10H2. The largest absolute Gasteiger partial charge is 0.300 e. The van der Waals surface area contributed by atoms with Gasteiger partial charge in [0.15, 0.2) is 0 Å². The lowest BCUT2D eigenvalue weighted by Crippen LogP contribution is -1.89. The number of carbonyl (C=O) groups is 1. The van der Waals surface area contributed by atoms with Crippen LogP contribution in [0.5, 0.6) is 0 Å². The maximum absolute atomic E-state index is 11.0. The van der Waals surface area contributed by atoms with Gasteiger partial charge in [-0.05, 0) is 17.9 Å². The molecule has 1 aromatic carbocycles. The van der Waals surface area contributed by atoms with E-state index in [4.69, 9.17) is 0 Å². The van der Waals surface area contributed by atoms with Crippen molar-refractivity contribution in [2.24, 2.45) is 5.92 Å². The number of carbonyl (C=O) groups excluding carboxylic acids is 1. The van der Waals surface area contributed by atoms with Gasteiger partial charge in [-0.1, -0.05) is 42.5 Å². The van der Waals surface area contributed by atoms with Crippen molar-refractivity contribution in [2.75, 3.05) is 0 Å². The Morgan fingerprint density at radius 1 is 1.21 bits per heavy atom. The molecule has 1 fully saturated rings. The van der Waals surface area contributed by atoms with Gasteiger partial charge in [-0.15, -0.1) is 0 Å². The lowest BCUT2D eigenvalue weighted by Gasteiger charge is -1.98. The Bertz CT molecular complexity index is 338. The molecule has 0 bridgehead atoms. The summed E-state index contributed by atoms with van der Waals surface area (Å²) < 4.78 is 0. The number of rotatable bonds is 2. The second-order valence-corrected chi connectivity index (χ2v) is 3.81. The molecule has 0 spiro atoms. The molecule has 1 aromatic rings. The van der Waals surface area contributed by atoms with Crippen LogP contribution in [-0.2, 0) is 4.79 Å². The van der Waals surface area contributed by atoms with E-state index in [-0.39, 0.29) is 0 Å². The second-order valence-electron chi connectivity index (χ2n) is 3.81. The van der Waals surface area contributed by atoms with Crippen LogP contribution in [-0.4, -0.2) is 5.78 Å². The number of benzene rings is 1. The summed E-state index contributed by atoms with van der Waals surface area (Å²) in [6.07, 6.45) is 6.82. The quantitative estimate of drug-likeness (QED) is 0.693. The first-order chi connectivity index (χ1) is 6.84. The first kappa shape index (κ1) is 9.20. The summed E-state index contributed by atoms with van der Waals surface area (Å²) >= 11 is 0. The lowest BCUT2D eigenvalue weighted by atomic mass is 10.1. The smallest absolute Gasteiger partial charge is 0.133 e. The van der Waals surface area contributed by atoms with E-state index in [1.165, 1.54) is 5.56 Å². The summed E-state index contributed by atoms with van der Waals surface area (Å²) in [7, 11) is 0. The summed E-state index contributed by atoms with van der Waals surface area (Å²) in [4.78, 5) is 11.0. The fraction of sp³-hybridized carbons (Fsp3) is 0.308. The molecule has 0 saturated heterocycles. The molecular formula is C13H14O. The Kier molecular flexibility index (Phi) is 2.78. The van der Waals surface area contributed by atoms with Gasteiger partial charge in [-0.25, -0.2) is 0 Å². The van der Waals surface area contributed by atoms with Crippen LogP contribution in [0.3, 0.4) is 0 Å². The van der Waals surface area contributed by atoms with Crippen LogP contribution in [0.25, 0.3) is 6.08 Å². The van der Waals surface area contributed by atoms with E-state index in [0.29, 0.717) is 11.7 Å². The Labute approximate surface area is 84.5 Å². The van der Waals surface area contributed by atoms with Crippen molar-refractivity contribution < 1.29 is 4.79 Å². The molecule has 0 aliphatic heterocycles. The summed E-state index contributed by atoms with van der Waals surface area (Å²) in [5.41, 5.74) is 1.21. The Morgan fingerprint density at radius 2 is 2.00 bits per heavy atom. The van der Waals surface area contributed by atoms with E-state index in [9.17, 15) is 4.79 Å². The van der Waals surface area contributed by atoms with Crippen molar-refractivity contribution in [3.8, 4) is 0 Å². The van der Waals surface area contributed by atoms with Crippen LogP contribution in [0.2, 0.25) is 0 Å². The summed E-state index contributed by atoms with van der Waals surface area (Å²) in [6, 6.07) is 10.2.